The second-order valence-corrected chi connectivity index (χ2v) is 6.13. The quantitative estimate of drug-likeness (QED) is 0.796. The van der Waals surface area contributed by atoms with E-state index in [-0.39, 0.29) is 30.1 Å². The van der Waals surface area contributed by atoms with Crippen LogP contribution in [0.3, 0.4) is 0 Å². The molecule has 0 aromatic carbocycles. The van der Waals surface area contributed by atoms with Crippen molar-refractivity contribution in [1.29, 1.82) is 0 Å². The Labute approximate surface area is 128 Å². The molecule has 122 valence electrons. The maximum Gasteiger partial charge on any atom is 0.441 e. The summed E-state index contributed by atoms with van der Waals surface area (Å²) in [5.41, 5.74) is 4.97. The van der Waals surface area contributed by atoms with Gasteiger partial charge in [0.1, 0.15) is 0 Å². The first kappa shape index (κ1) is 18.4. The molecule has 2 N–H and O–H groups in total. The van der Waals surface area contributed by atoms with Crippen LogP contribution in [0.1, 0.15) is 44.1 Å². The molecule has 3 nitrogen and oxygen atoms in total. The smallest absolute Gasteiger partial charge is 0.327 e. The zero-order chi connectivity index (χ0) is 16.0. The Hall–Kier alpha value is -0.690. The van der Waals surface area contributed by atoms with Crippen LogP contribution >= 0.6 is 11.8 Å². The number of hydrogen-bond donors (Lipinski definition) is 1. The molecular weight excluding hydrogens is 299 g/mol. The van der Waals surface area contributed by atoms with Crippen molar-refractivity contribution < 1.29 is 13.2 Å². The van der Waals surface area contributed by atoms with Gasteiger partial charge in [0, 0.05) is 17.5 Å². The average Bonchev–Trinajstić information content (AvgIpc) is 2.74. The molecule has 0 aliphatic carbocycles. The molecular formula is C14H24F3N3S. The van der Waals surface area contributed by atoms with E-state index in [1.165, 1.54) is 0 Å². The summed E-state index contributed by atoms with van der Waals surface area (Å²) in [6.45, 7) is 6.33. The molecule has 1 aromatic rings. The Morgan fingerprint density at radius 3 is 2.38 bits per heavy atom. The molecule has 1 heterocycles. The van der Waals surface area contributed by atoms with Gasteiger partial charge in [-0.2, -0.15) is 18.3 Å². The van der Waals surface area contributed by atoms with Crippen LogP contribution in [0.5, 0.6) is 0 Å². The number of aromatic nitrogens is 2. The third-order valence-corrected chi connectivity index (χ3v) is 4.19. The molecule has 0 radical (unpaired) electrons. The second-order valence-electron chi connectivity index (χ2n) is 4.97. The van der Waals surface area contributed by atoms with Crippen molar-refractivity contribution in [3.63, 3.8) is 0 Å². The Morgan fingerprint density at radius 2 is 1.90 bits per heavy atom. The fourth-order valence-corrected chi connectivity index (χ4v) is 2.84. The summed E-state index contributed by atoms with van der Waals surface area (Å²) in [6.07, 6.45) is 3.16. The van der Waals surface area contributed by atoms with E-state index in [1.54, 1.807) is 4.68 Å². The molecule has 1 atom stereocenters. The van der Waals surface area contributed by atoms with Gasteiger partial charge in [-0.15, -0.1) is 0 Å². The van der Waals surface area contributed by atoms with E-state index in [9.17, 15) is 13.2 Å². The number of rotatable bonds is 8. The highest BCUT2D eigenvalue weighted by atomic mass is 32.2. The van der Waals surface area contributed by atoms with Crippen LogP contribution < -0.4 is 5.73 Å². The Kier molecular flexibility index (Phi) is 7.06. The van der Waals surface area contributed by atoms with Crippen LogP contribution in [0, 0.1) is 0 Å². The van der Waals surface area contributed by atoms with E-state index < -0.39 is 5.51 Å². The van der Waals surface area contributed by atoms with Crippen LogP contribution in [-0.2, 0) is 25.8 Å². The van der Waals surface area contributed by atoms with Crippen molar-refractivity contribution in [3.05, 3.63) is 17.0 Å². The van der Waals surface area contributed by atoms with Gasteiger partial charge >= 0.3 is 5.51 Å². The highest BCUT2D eigenvalue weighted by molar-refractivity contribution is 8.00. The Bertz CT molecular complexity index is 443. The average molecular weight is 323 g/mol. The summed E-state index contributed by atoms with van der Waals surface area (Å²) >= 11 is 0.00320. The molecule has 0 aliphatic rings. The van der Waals surface area contributed by atoms with Crippen LogP contribution in [-0.4, -0.2) is 27.1 Å². The molecule has 0 saturated carbocycles. The molecule has 7 heteroatoms. The number of thioether (sulfide) groups is 1. The standard InChI is InChI=1S/C14H24F3N3S/c1-4-10(18)9-11-12(5-2)19-20(13(11)6-3)7-8-21-14(15,16)17/h10H,4-9,18H2,1-3H3. The highest BCUT2D eigenvalue weighted by Crippen LogP contribution is 2.30. The van der Waals surface area contributed by atoms with Crippen molar-refractivity contribution in [2.24, 2.45) is 5.73 Å². The molecule has 1 unspecified atom stereocenters. The van der Waals surface area contributed by atoms with Gasteiger partial charge in [-0.1, -0.05) is 20.8 Å². The largest absolute Gasteiger partial charge is 0.441 e. The fourth-order valence-electron chi connectivity index (χ4n) is 2.34. The van der Waals surface area contributed by atoms with Crippen molar-refractivity contribution in [1.82, 2.24) is 9.78 Å². The zero-order valence-corrected chi connectivity index (χ0v) is 13.7. The summed E-state index contributed by atoms with van der Waals surface area (Å²) in [5.74, 6) is -0.0133. The van der Waals surface area contributed by atoms with Crippen molar-refractivity contribution in [2.75, 3.05) is 5.75 Å². The minimum atomic E-state index is -4.18. The lowest BCUT2D eigenvalue weighted by atomic mass is 10.00. The van der Waals surface area contributed by atoms with Gasteiger partial charge in [0.05, 0.1) is 12.2 Å². The molecule has 0 amide bonds. The molecule has 1 rings (SSSR count). The van der Waals surface area contributed by atoms with Gasteiger partial charge in [-0.05, 0) is 43.0 Å². The lowest BCUT2D eigenvalue weighted by molar-refractivity contribution is -0.0328. The zero-order valence-electron chi connectivity index (χ0n) is 12.8. The van der Waals surface area contributed by atoms with E-state index in [1.807, 2.05) is 20.8 Å². The predicted octanol–water partition coefficient (Wildman–Crippen LogP) is 3.54. The van der Waals surface area contributed by atoms with Gasteiger partial charge < -0.3 is 5.73 Å². The van der Waals surface area contributed by atoms with E-state index in [2.05, 4.69) is 5.10 Å². The van der Waals surface area contributed by atoms with Gasteiger partial charge in [-0.3, -0.25) is 4.68 Å². The molecule has 0 saturated heterocycles. The van der Waals surface area contributed by atoms with Crippen LogP contribution in [0.15, 0.2) is 0 Å². The van der Waals surface area contributed by atoms with Crippen molar-refractivity contribution in [2.45, 2.75) is 64.5 Å². The number of alkyl halides is 3. The second kappa shape index (κ2) is 8.08. The monoisotopic (exact) mass is 323 g/mol. The normalized spacial score (nSPS) is 13.7. The predicted molar refractivity (Wildman–Crippen MR) is 81.5 cm³/mol. The number of nitrogens with two attached hydrogens (primary N) is 1. The van der Waals surface area contributed by atoms with Gasteiger partial charge in [0.25, 0.3) is 0 Å². The molecule has 21 heavy (non-hydrogen) atoms. The van der Waals surface area contributed by atoms with Gasteiger partial charge in [-0.25, -0.2) is 0 Å². The van der Waals surface area contributed by atoms with E-state index >= 15 is 0 Å². The third-order valence-electron chi connectivity index (χ3n) is 3.48. The summed E-state index contributed by atoms with van der Waals surface area (Å²) in [4.78, 5) is 0. The lowest BCUT2D eigenvalue weighted by Gasteiger charge is -2.12. The third kappa shape index (κ3) is 5.54. The van der Waals surface area contributed by atoms with Crippen molar-refractivity contribution >= 4 is 11.8 Å². The fraction of sp³-hybridized carbons (Fsp3) is 0.786. The van der Waals surface area contributed by atoms with E-state index in [0.29, 0.717) is 0 Å². The number of aryl methyl sites for hydroxylation is 2. The number of nitrogens with zero attached hydrogens (tertiary/aromatic N) is 2. The topological polar surface area (TPSA) is 43.8 Å². The maximum absolute atomic E-state index is 12.2. The molecule has 0 fully saturated rings. The van der Waals surface area contributed by atoms with Gasteiger partial charge in [0.2, 0.25) is 0 Å². The summed E-state index contributed by atoms with van der Waals surface area (Å²) < 4.78 is 38.4. The summed E-state index contributed by atoms with van der Waals surface area (Å²) in [7, 11) is 0. The van der Waals surface area contributed by atoms with Crippen molar-refractivity contribution in [3.8, 4) is 0 Å². The van der Waals surface area contributed by atoms with E-state index in [4.69, 9.17) is 5.73 Å². The first-order valence-corrected chi connectivity index (χ1v) is 8.34. The SMILES string of the molecule is CCc1nn(CCSC(F)(F)F)c(CC)c1CC(N)CC. The summed E-state index contributed by atoms with van der Waals surface area (Å²) in [5, 5.41) is 4.49. The molecule has 0 aliphatic heterocycles. The molecule has 0 spiro atoms. The molecule has 0 bridgehead atoms. The maximum atomic E-state index is 12.2. The Morgan fingerprint density at radius 1 is 1.24 bits per heavy atom. The molecule has 1 aromatic heterocycles. The van der Waals surface area contributed by atoms with Crippen LogP contribution in [0.4, 0.5) is 13.2 Å². The first-order chi connectivity index (χ1) is 9.82. The van der Waals surface area contributed by atoms with E-state index in [0.717, 1.165) is 42.6 Å². The number of hydrogen-bond acceptors (Lipinski definition) is 3. The number of halogens is 3. The lowest BCUT2D eigenvalue weighted by Crippen LogP contribution is -2.22. The summed E-state index contributed by atoms with van der Waals surface area (Å²) in [6, 6.07) is 0.0720. The van der Waals surface area contributed by atoms with Crippen LogP contribution in [0.2, 0.25) is 0 Å². The highest BCUT2D eigenvalue weighted by Gasteiger charge is 2.28. The van der Waals surface area contributed by atoms with Gasteiger partial charge in [0.15, 0.2) is 0 Å². The minimum absolute atomic E-state index is 0.00320. The van der Waals surface area contributed by atoms with Crippen LogP contribution in [0.25, 0.3) is 0 Å². The first-order valence-electron chi connectivity index (χ1n) is 7.35. The Balaban J connectivity index is 2.89. The minimum Gasteiger partial charge on any atom is -0.327 e.